The lowest BCUT2D eigenvalue weighted by Crippen LogP contribution is -2.53. The number of carbonyl (C=O) groups excluding carboxylic acids is 2. The monoisotopic (exact) mass is 388 g/mol. The van der Waals surface area contributed by atoms with Gasteiger partial charge in [-0.1, -0.05) is 6.07 Å². The van der Waals surface area contributed by atoms with E-state index in [1.807, 2.05) is 23.4 Å². The summed E-state index contributed by atoms with van der Waals surface area (Å²) in [5.41, 5.74) is -0.0801. The van der Waals surface area contributed by atoms with Gasteiger partial charge in [-0.05, 0) is 81.1 Å². The average Bonchev–Trinajstić information content (AvgIpc) is 3.17. The van der Waals surface area contributed by atoms with Crippen LogP contribution in [0.5, 0.6) is 0 Å². The summed E-state index contributed by atoms with van der Waals surface area (Å²) < 4.78 is 0. The third kappa shape index (κ3) is 3.80. The van der Waals surface area contributed by atoms with Gasteiger partial charge in [-0.25, -0.2) is 0 Å². The Morgan fingerprint density at radius 2 is 1.85 bits per heavy atom. The number of carbonyl (C=O) groups is 2. The minimum Gasteiger partial charge on any atom is -0.356 e. The molecule has 1 atom stereocenters. The Balaban J connectivity index is 1.22. The van der Waals surface area contributed by atoms with Crippen LogP contribution in [0.3, 0.4) is 0 Å². The normalized spacial score (nSPS) is 32.3. The highest BCUT2D eigenvalue weighted by molar-refractivity contribution is 7.10. The molecule has 0 unspecified atom stereocenters. The molecule has 0 aromatic carbocycles. The first-order chi connectivity index (χ1) is 13.0. The van der Waals surface area contributed by atoms with E-state index in [-0.39, 0.29) is 23.3 Å². The maximum atomic E-state index is 12.9. The molecule has 4 aliphatic rings. The Bertz CT molecular complexity index is 649. The lowest BCUT2D eigenvalue weighted by Gasteiger charge is -2.55. The van der Waals surface area contributed by atoms with E-state index in [4.69, 9.17) is 0 Å². The van der Waals surface area contributed by atoms with Crippen molar-refractivity contribution in [1.82, 2.24) is 10.2 Å². The zero-order valence-electron chi connectivity index (χ0n) is 16.6. The summed E-state index contributed by atoms with van der Waals surface area (Å²) in [5, 5.41) is 5.23. The molecule has 148 valence electrons. The Labute approximate surface area is 166 Å². The lowest BCUT2D eigenvalue weighted by atomic mass is 9.49. The SMILES string of the molecule is C[C@@H](c1cccs1)N(C)C(=O)CCCNC(=O)C12CC3CC(CC(C3)C1)C2. The molecule has 1 heterocycles. The first-order valence-corrected chi connectivity index (χ1v) is 11.4. The maximum absolute atomic E-state index is 12.9. The molecule has 0 aliphatic heterocycles. The van der Waals surface area contributed by atoms with E-state index in [1.54, 1.807) is 11.3 Å². The zero-order valence-corrected chi connectivity index (χ0v) is 17.4. The third-order valence-electron chi connectivity index (χ3n) is 7.30. The summed E-state index contributed by atoms with van der Waals surface area (Å²) in [6.07, 6.45) is 8.59. The molecule has 4 saturated carbocycles. The fraction of sp³-hybridized carbons (Fsp3) is 0.727. The fourth-order valence-electron chi connectivity index (χ4n) is 6.13. The van der Waals surface area contributed by atoms with Gasteiger partial charge < -0.3 is 10.2 Å². The van der Waals surface area contributed by atoms with Crippen LogP contribution in [-0.4, -0.2) is 30.3 Å². The van der Waals surface area contributed by atoms with E-state index < -0.39 is 0 Å². The molecular weight excluding hydrogens is 356 g/mol. The molecule has 5 rings (SSSR count). The van der Waals surface area contributed by atoms with Crippen molar-refractivity contribution in [2.24, 2.45) is 23.2 Å². The van der Waals surface area contributed by atoms with Gasteiger partial charge in [-0.3, -0.25) is 9.59 Å². The van der Waals surface area contributed by atoms with Gasteiger partial charge in [0.05, 0.1) is 6.04 Å². The number of nitrogens with zero attached hydrogens (tertiary/aromatic N) is 1. The van der Waals surface area contributed by atoms with E-state index in [1.165, 1.54) is 24.1 Å². The van der Waals surface area contributed by atoms with Crippen molar-refractivity contribution in [1.29, 1.82) is 0 Å². The van der Waals surface area contributed by atoms with Crippen molar-refractivity contribution in [2.75, 3.05) is 13.6 Å². The van der Waals surface area contributed by atoms with Crippen molar-refractivity contribution in [2.45, 2.75) is 64.3 Å². The van der Waals surface area contributed by atoms with Crippen LogP contribution in [0.1, 0.15) is 69.2 Å². The van der Waals surface area contributed by atoms with Crippen LogP contribution in [0.25, 0.3) is 0 Å². The summed E-state index contributed by atoms with van der Waals surface area (Å²) in [4.78, 5) is 28.4. The Kier molecular flexibility index (Phi) is 5.32. The number of amides is 2. The first kappa shape index (κ1) is 19.0. The van der Waals surface area contributed by atoms with Crippen LogP contribution in [0.15, 0.2) is 17.5 Å². The molecule has 0 radical (unpaired) electrons. The number of hydrogen-bond acceptors (Lipinski definition) is 3. The summed E-state index contributed by atoms with van der Waals surface area (Å²) >= 11 is 1.69. The van der Waals surface area contributed by atoms with Crippen LogP contribution in [-0.2, 0) is 9.59 Å². The molecule has 1 aromatic heterocycles. The topological polar surface area (TPSA) is 49.4 Å². The van der Waals surface area contributed by atoms with Gasteiger partial charge in [0.2, 0.25) is 11.8 Å². The van der Waals surface area contributed by atoms with Crippen LogP contribution in [0.2, 0.25) is 0 Å². The Morgan fingerprint density at radius 1 is 1.22 bits per heavy atom. The molecule has 1 N–H and O–H groups in total. The van der Waals surface area contributed by atoms with E-state index in [0.717, 1.165) is 43.4 Å². The standard InChI is InChI=1S/C22H32N2O2S/c1-15(19-5-4-8-27-19)24(2)20(25)6-3-7-23-21(26)22-12-16-9-17(13-22)11-18(10-16)14-22/h4-5,8,15-18H,3,6-7,9-14H2,1-2H3,(H,23,26)/t15-,16?,17?,18?,22?/m0/s1. The third-order valence-corrected chi connectivity index (χ3v) is 8.34. The van der Waals surface area contributed by atoms with Crippen LogP contribution in [0, 0.1) is 23.2 Å². The van der Waals surface area contributed by atoms with Gasteiger partial charge in [0.25, 0.3) is 0 Å². The van der Waals surface area contributed by atoms with Crippen molar-refractivity contribution < 1.29 is 9.59 Å². The van der Waals surface area contributed by atoms with E-state index in [9.17, 15) is 9.59 Å². The van der Waals surface area contributed by atoms with Gasteiger partial charge in [0.15, 0.2) is 0 Å². The maximum Gasteiger partial charge on any atom is 0.226 e. The average molecular weight is 389 g/mol. The summed E-state index contributed by atoms with van der Waals surface area (Å²) in [5.74, 6) is 2.79. The molecular formula is C22H32N2O2S. The zero-order chi connectivity index (χ0) is 19.0. The van der Waals surface area contributed by atoms with Gasteiger partial charge in [-0.2, -0.15) is 0 Å². The van der Waals surface area contributed by atoms with Crippen LogP contribution in [0.4, 0.5) is 0 Å². The van der Waals surface area contributed by atoms with E-state index >= 15 is 0 Å². The fourth-order valence-corrected chi connectivity index (χ4v) is 6.96. The molecule has 4 fully saturated rings. The molecule has 4 aliphatic carbocycles. The largest absolute Gasteiger partial charge is 0.356 e. The predicted octanol–water partition coefficient (Wildman–Crippen LogP) is 4.38. The van der Waals surface area contributed by atoms with Crippen molar-refractivity contribution in [3.8, 4) is 0 Å². The predicted molar refractivity (Wildman–Crippen MR) is 108 cm³/mol. The Hall–Kier alpha value is -1.36. The number of hydrogen-bond donors (Lipinski definition) is 1. The second-order valence-corrected chi connectivity index (χ2v) is 10.2. The van der Waals surface area contributed by atoms with Crippen molar-refractivity contribution in [3.05, 3.63) is 22.4 Å². The molecule has 0 saturated heterocycles. The molecule has 2 amide bonds. The minimum atomic E-state index is -0.0801. The molecule has 5 heteroatoms. The highest BCUT2D eigenvalue weighted by atomic mass is 32.1. The quantitative estimate of drug-likeness (QED) is 0.705. The highest BCUT2D eigenvalue weighted by Gasteiger charge is 2.54. The van der Waals surface area contributed by atoms with Gasteiger partial charge in [0, 0.05) is 30.3 Å². The molecule has 27 heavy (non-hydrogen) atoms. The number of thiophene rings is 1. The second-order valence-electron chi connectivity index (χ2n) is 9.25. The van der Waals surface area contributed by atoms with E-state index in [2.05, 4.69) is 18.3 Å². The number of nitrogens with one attached hydrogen (secondary N) is 1. The van der Waals surface area contributed by atoms with E-state index in [0.29, 0.717) is 13.0 Å². The smallest absolute Gasteiger partial charge is 0.226 e. The van der Waals surface area contributed by atoms with Crippen molar-refractivity contribution in [3.63, 3.8) is 0 Å². The minimum absolute atomic E-state index is 0.0801. The van der Waals surface area contributed by atoms with Gasteiger partial charge in [0.1, 0.15) is 0 Å². The molecule has 4 nitrogen and oxygen atoms in total. The number of rotatable bonds is 7. The highest BCUT2D eigenvalue weighted by Crippen LogP contribution is 2.60. The van der Waals surface area contributed by atoms with Crippen LogP contribution >= 0.6 is 11.3 Å². The lowest BCUT2D eigenvalue weighted by molar-refractivity contribution is -0.146. The van der Waals surface area contributed by atoms with Crippen LogP contribution < -0.4 is 5.32 Å². The summed E-state index contributed by atoms with van der Waals surface area (Å²) in [7, 11) is 1.88. The van der Waals surface area contributed by atoms with Gasteiger partial charge in [-0.15, -0.1) is 11.3 Å². The molecule has 1 aromatic rings. The van der Waals surface area contributed by atoms with Gasteiger partial charge >= 0.3 is 0 Å². The Morgan fingerprint density at radius 3 is 2.41 bits per heavy atom. The summed E-state index contributed by atoms with van der Waals surface area (Å²) in [6.45, 7) is 2.69. The molecule has 0 spiro atoms. The second kappa shape index (κ2) is 7.57. The first-order valence-electron chi connectivity index (χ1n) is 10.5. The summed E-state index contributed by atoms with van der Waals surface area (Å²) in [6, 6.07) is 4.21. The van der Waals surface area contributed by atoms with Crippen molar-refractivity contribution >= 4 is 23.2 Å². The molecule has 4 bridgehead atoms.